The number of ether oxygens (including phenoxy) is 1. The van der Waals surface area contributed by atoms with Gasteiger partial charge in [0.15, 0.2) is 0 Å². The number of thioether (sulfide) groups is 1. The molecule has 0 aliphatic carbocycles. The van der Waals surface area contributed by atoms with Crippen molar-refractivity contribution in [2.75, 3.05) is 32.1 Å². The van der Waals surface area contributed by atoms with Crippen LogP contribution in [-0.4, -0.2) is 42.7 Å². The molecule has 1 saturated heterocycles. The lowest BCUT2D eigenvalue weighted by Gasteiger charge is -2.22. The first-order chi connectivity index (χ1) is 7.16. The Labute approximate surface area is 95.3 Å². The number of hydrogen-bond acceptors (Lipinski definition) is 4. The predicted molar refractivity (Wildman–Crippen MR) is 63.0 cm³/mol. The molecular weight excluding hydrogens is 212 g/mol. The largest absolute Gasteiger partial charge is 0.370 e. The number of carbonyl (C=O) groups is 1. The topological polar surface area (TPSA) is 64.3 Å². The van der Waals surface area contributed by atoms with E-state index >= 15 is 0 Å². The SMILES string of the molecule is CC1(CNC(=O)COCCN)CCCS1. The number of nitrogens with one attached hydrogen (secondary N) is 1. The van der Waals surface area contributed by atoms with Crippen LogP contribution in [0.1, 0.15) is 19.8 Å². The molecule has 1 rings (SSSR count). The third kappa shape index (κ3) is 4.86. The maximum Gasteiger partial charge on any atom is 0.246 e. The van der Waals surface area contributed by atoms with Crippen molar-refractivity contribution in [1.82, 2.24) is 5.32 Å². The van der Waals surface area contributed by atoms with Crippen LogP contribution in [0.15, 0.2) is 0 Å². The van der Waals surface area contributed by atoms with Crippen LogP contribution in [0.3, 0.4) is 0 Å². The summed E-state index contributed by atoms with van der Waals surface area (Å²) in [5.74, 6) is 1.16. The van der Waals surface area contributed by atoms with Crippen LogP contribution in [0, 0.1) is 0 Å². The smallest absolute Gasteiger partial charge is 0.246 e. The van der Waals surface area contributed by atoms with Crippen LogP contribution >= 0.6 is 11.8 Å². The minimum absolute atomic E-state index is 0.0443. The molecule has 0 aromatic rings. The molecule has 1 amide bonds. The first-order valence-corrected chi connectivity index (χ1v) is 6.33. The zero-order chi connectivity index (χ0) is 11.1. The molecule has 1 heterocycles. The van der Waals surface area contributed by atoms with Crippen LogP contribution < -0.4 is 11.1 Å². The van der Waals surface area contributed by atoms with Crippen molar-refractivity contribution in [2.24, 2.45) is 5.73 Å². The first kappa shape index (κ1) is 12.8. The van der Waals surface area contributed by atoms with Crippen molar-refractivity contribution >= 4 is 17.7 Å². The fourth-order valence-corrected chi connectivity index (χ4v) is 2.81. The number of nitrogens with two attached hydrogens (primary N) is 1. The highest BCUT2D eigenvalue weighted by molar-refractivity contribution is 8.00. The Hall–Kier alpha value is -0.260. The minimum atomic E-state index is -0.0443. The molecular formula is C10H20N2O2S. The van der Waals surface area contributed by atoms with E-state index in [1.807, 2.05) is 11.8 Å². The lowest BCUT2D eigenvalue weighted by atomic mass is 10.1. The van der Waals surface area contributed by atoms with Gasteiger partial charge < -0.3 is 15.8 Å². The highest BCUT2D eigenvalue weighted by Gasteiger charge is 2.29. The Morgan fingerprint density at radius 3 is 3.07 bits per heavy atom. The molecule has 0 aromatic carbocycles. The average Bonchev–Trinajstić information content (AvgIpc) is 2.64. The molecule has 0 saturated carbocycles. The van der Waals surface area contributed by atoms with Crippen LogP contribution in [0.5, 0.6) is 0 Å². The molecule has 88 valence electrons. The summed E-state index contributed by atoms with van der Waals surface area (Å²) in [4.78, 5) is 11.3. The number of amides is 1. The van der Waals surface area contributed by atoms with E-state index in [0.29, 0.717) is 13.2 Å². The molecule has 1 atom stereocenters. The Morgan fingerprint density at radius 2 is 2.47 bits per heavy atom. The Balaban J connectivity index is 2.10. The summed E-state index contributed by atoms with van der Waals surface area (Å²) >= 11 is 1.94. The maximum atomic E-state index is 11.3. The Kier molecular flexibility index (Phi) is 5.42. The Bertz CT molecular complexity index is 206. The summed E-state index contributed by atoms with van der Waals surface area (Å²) in [5, 5.41) is 2.90. The second-order valence-corrected chi connectivity index (χ2v) is 5.70. The molecule has 0 bridgehead atoms. The number of carbonyl (C=O) groups excluding carboxylic acids is 1. The van der Waals surface area contributed by atoms with Gasteiger partial charge in [0.05, 0.1) is 6.61 Å². The molecule has 1 aliphatic rings. The van der Waals surface area contributed by atoms with Gasteiger partial charge in [-0.25, -0.2) is 0 Å². The maximum absolute atomic E-state index is 11.3. The lowest BCUT2D eigenvalue weighted by Crippen LogP contribution is -2.38. The molecule has 3 N–H and O–H groups in total. The van der Waals surface area contributed by atoms with Gasteiger partial charge >= 0.3 is 0 Å². The van der Waals surface area contributed by atoms with Gasteiger partial charge in [-0.3, -0.25) is 4.79 Å². The summed E-state index contributed by atoms with van der Waals surface area (Å²) in [6, 6.07) is 0. The highest BCUT2D eigenvalue weighted by atomic mass is 32.2. The van der Waals surface area contributed by atoms with E-state index in [2.05, 4.69) is 12.2 Å². The molecule has 4 nitrogen and oxygen atoms in total. The summed E-state index contributed by atoms with van der Waals surface area (Å²) < 4.78 is 5.27. The van der Waals surface area contributed by atoms with Gasteiger partial charge in [0.2, 0.25) is 5.91 Å². The van der Waals surface area contributed by atoms with Crippen molar-refractivity contribution < 1.29 is 9.53 Å². The highest BCUT2D eigenvalue weighted by Crippen LogP contribution is 2.36. The van der Waals surface area contributed by atoms with E-state index < -0.39 is 0 Å². The molecule has 1 aliphatic heterocycles. The summed E-state index contributed by atoms with van der Waals surface area (Å²) in [5.41, 5.74) is 5.25. The van der Waals surface area contributed by atoms with Gasteiger partial charge in [-0.2, -0.15) is 11.8 Å². The van der Waals surface area contributed by atoms with E-state index in [4.69, 9.17) is 10.5 Å². The average molecular weight is 232 g/mol. The van der Waals surface area contributed by atoms with Gasteiger partial charge in [0.1, 0.15) is 6.61 Å². The lowest BCUT2D eigenvalue weighted by molar-refractivity contribution is -0.125. The van der Waals surface area contributed by atoms with Crippen LogP contribution in [0.2, 0.25) is 0 Å². The van der Waals surface area contributed by atoms with Crippen LogP contribution in [0.25, 0.3) is 0 Å². The van der Waals surface area contributed by atoms with Crippen molar-refractivity contribution in [3.63, 3.8) is 0 Å². The van der Waals surface area contributed by atoms with Gasteiger partial charge in [-0.1, -0.05) is 0 Å². The van der Waals surface area contributed by atoms with E-state index in [-0.39, 0.29) is 17.3 Å². The quantitative estimate of drug-likeness (QED) is 0.649. The molecule has 15 heavy (non-hydrogen) atoms. The van der Waals surface area contributed by atoms with Crippen molar-refractivity contribution in [1.29, 1.82) is 0 Å². The van der Waals surface area contributed by atoms with Crippen LogP contribution in [-0.2, 0) is 9.53 Å². The second-order valence-electron chi connectivity index (χ2n) is 4.02. The van der Waals surface area contributed by atoms with Gasteiger partial charge in [0, 0.05) is 17.8 Å². The molecule has 0 spiro atoms. The normalized spacial score (nSPS) is 25.5. The Morgan fingerprint density at radius 1 is 1.67 bits per heavy atom. The number of hydrogen-bond donors (Lipinski definition) is 2. The van der Waals surface area contributed by atoms with Gasteiger partial charge in [-0.05, 0) is 25.5 Å². The zero-order valence-electron chi connectivity index (χ0n) is 9.25. The number of rotatable bonds is 6. The summed E-state index contributed by atoms with van der Waals surface area (Å²) in [7, 11) is 0. The predicted octanol–water partition coefficient (Wildman–Crippen LogP) is 0.364. The molecule has 0 aromatic heterocycles. The van der Waals surface area contributed by atoms with Crippen molar-refractivity contribution in [3.8, 4) is 0 Å². The molecule has 1 fully saturated rings. The fourth-order valence-electron chi connectivity index (χ4n) is 1.56. The summed E-state index contributed by atoms with van der Waals surface area (Å²) in [6.07, 6.45) is 2.43. The van der Waals surface area contributed by atoms with E-state index in [0.717, 1.165) is 6.54 Å². The van der Waals surface area contributed by atoms with E-state index in [1.165, 1.54) is 18.6 Å². The summed E-state index contributed by atoms with van der Waals surface area (Å²) in [6.45, 7) is 3.96. The fraction of sp³-hybridized carbons (Fsp3) is 0.900. The van der Waals surface area contributed by atoms with Gasteiger partial charge in [-0.15, -0.1) is 0 Å². The standard InChI is InChI=1S/C10H20N2O2S/c1-10(3-2-6-15-10)8-12-9(13)7-14-5-4-11/h2-8,11H2,1H3,(H,12,13). The van der Waals surface area contributed by atoms with Crippen molar-refractivity contribution in [2.45, 2.75) is 24.5 Å². The molecule has 1 unspecified atom stereocenters. The third-order valence-corrected chi connectivity index (χ3v) is 3.99. The third-order valence-electron chi connectivity index (χ3n) is 2.46. The monoisotopic (exact) mass is 232 g/mol. The zero-order valence-corrected chi connectivity index (χ0v) is 10.1. The first-order valence-electron chi connectivity index (χ1n) is 5.35. The minimum Gasteiger partial charge on any atom is -0.370 e. The van der Waals surface area contributed by atoms with E-state index in [9.17, 15) is 4.79 Å². The molecule has 0 radical (unpaired) electrons. The second kappa shape index (κ2) is 6.35. The van der Waals surface area contributed by atoms with E-state index in [1.54, 1.807) is 0 Å². The van der Waals surface area contributed by atoms with Crippen molar-refractivity contribution in [3.05, 3.63) is 0 Å². The van der Waals surface area contributed by atoms with Gasteiger partial charge in [0.25, 0.3) is 0 Å². The molecule has 5 heteroatoms. The van der Waals surface area contributed by atoms with Crippen LogP contribution in [0.4, 0.5) is 0 Å².